The molecule has 4 heteroatoms. The van der Waals surface area contributed by atoms with Crippen LogP contribution in [0.3, 0.4) is 0 Å². The van der Waals surface area contributed by atoms with Gasteiger partial charge in [-0.25, -0.2) is 4.98 Å². The van der Waals surface area contributed by atoms with E-state index in [1.54, 1.807) is 0 Å². The van der Waals surface area contributed by atoms with Crippen molar-refractivity contribution in [1.82, 2.24) is 4.98 Å². The third kappa shape index (κ3) is 5.04. The van der Waals surface area contributed by atoms with Crippen molar-refractivity contribution in [1.29, 1.82) is 0 Å². The molecule has 1 heterocycles. The van der Waals surface area contributed by atoms with Crippen LogP contribution in [0.4, 0.5) is 5.82 Å². The van der Waals surface area contributed by atoms with Crippen LogP contribution in [0.2, 0.25) is 0 Å². The van der Waals surface area contributed by atoms with Gasteiger partial charge in [0.2, 0.25) is 0 Å². The largest absolute Gasteiger partial charge is 0.369 e. The summed E-state index contributed by atoms with van der Waals surface area (Å²) in [5.74, 6) is 0.967. The summed E-state index contributed by atoms with van der Waals surface area (Å²) >= 11 is 3.42. The molecular formula is C13H22BrN3. The van der Waals surface area contributed by atoms with Crippen LogP contribution in [-0.4, -0.2) is 18.1 Å². The van der Waals surface area contributed by atoms with Crippen LogP contribution in [0.1, 0.15) is 32.3 Å². The molecule has 1 rings (SSSR count). The van der Waals surface area contributed by atoms with Crippen LogP contribution in [-0.2, 0) is 0 Å². The van der Waals surface area contributed by atoms with Crippen molar-refractivity contribution in [2.75, 3.05) is 18.4 Å². The van der Waals surface area contributed by atoms with Gasteiger partial charge in [0.25, 0.3) is 0 Å². The van der Waals surface area contributed by atoms with Gasteiger partial charge < -0.3 is 11.1 Å². The highest BCUT2D eigenvalue weighted by molar-refractivity contribution is 9.10. The Kier molecular flexibility index (Phi) is 5.40. The van der Waals surface area contributed by atoms with E-state index in [0.29, 0.717) is 0 Å². The Balaban J connectivity index is 2.54. The molecule has 0 amide bonds. The number of hydrogen-bond acceptors (Lipinski definition) is 3. The summed E-state index contributed by atoms with van der Waals surface area (Å²) in [5, 5.41) is 3.42. The van der Waals surface area contributed by atoms with E-state index >= 15 is 0 Å². The lowest BCUT2D eigenvalue weighted by atomic mass is 9.88. The zero-order valence-corrected chi connectivity index (χ0v) is 12.5. The molecule has 96 valence electrons. The molecule has 0 unspecified atom stereocenters. The van der Waals surface area contributed by atoms with Gasteiger partial charge in [-0.3, -0.25) is 0 Å². The lowest BCUT2D eigenvalue weighted by molar-refractivity contribution is 0.350. The van der Waals surface area contributed by atoms with Crippen LogP contribution in [0, 0.1) is 12.3 Å². The fourth-order valence-electron chi connectivity index (χ4n) is 1.72. The summed E-state index contributed by atoms with van der Waals surface area (Å²) < 4.78 is 1.02. The predicted octanol–water partition coefficient (Wildman–Crippen LogP) is 3.33. The van der Waals surface area contributed by atoms with Crippen LogP contribution in [0.5, 0.6) is 0 Å². The van der Waals surface area contributed by atoms with Gasteiger partial charge in [0.15, 0.2) is 0 Å². The lowest BCUT2D eigenvalue weighted by Crippen LogP contribution is -2.24. The van der Waals surface area contributed by atoms with E-state index in [-0.39, 0.29) is 5.41 Å². The van der Waals surface area contributed by atoms with Gasteiger partial charge in [0.1, 0.15) is 5.82 Å². The Labute approximate surface area is 112 Å². The first-order chi connectivity index (χ1) is 7.94. The van der Waals surface area contributed by atoms with Gasteiger partial charge in [-0.05, 0) is 59.3 Å². The van der Waals surface area contributed by atoms with Crippen molar-refractivity contribution < 1.29 is 0 Å². The molecule has 0 aromatic carbocycles. The highest BCUT2D eigenvalue weighted by Crippen LogP contribution is 2.24. The van der Waals surface area contributed by atoms with E-state index in [4.69, 9.17) is 5.73 Å². The van der Waals surface area contributed by atoms with Gasteiger partial charge in [0.05, 0.1) is 0 Å². The number of pyridine rings is 1. The second-order valence-electron chi connectivity index (χ2n) is 5.23. The molecule has 1 aromatic rings. The van der Waals surface area contributed by atoms with E-state index < -0.39 is 0 Å². The summed E-state index contributed by atoms with van der Waals surface area (Å²) in [7, 11) is 0. The fraction of sp³-hybridized carbons (Fsp3) is 0.615. The average Bonchev–Trinajstić information content (AvgIpc) is 2.25. The lowest BCUT2D eigenvalue weighted by Gasteiger charge is -2.25. The van der Waals surface area contributed by atoms with Crippen molar-refractivity contribution in [3.05, 3.63) is 22.3 Å². The van der Waals surface area contributed by atoms with E-state index in [2.05, 4.69) is 53.1 Å². The van der Waals surface area contributed by atoms with E-state index in [0.717, 1.165) is 41.8 Å². The van der Waals surface area contributed by atoms with Gasteiger partial charge >= 0.3 is 0 Å². The molecule has 0 radical (unpaired) electrons. The molecule has 1 aromatic heterocycles. The molecule has 0 bridgehead atoms. The number of nitrogens with zero attached hydrogens (tertiary/aromatic N) is 1. The number of anilines is 1. The minimum atomic E-state index is 0.251. The third-order valence-electron chi connectivity index (χ3n) is 2.84. The number of nitrogens with two attached hydrogens (primary N) is 1. The van der Waals surface area contributed by atoms with Crippen LogP contribution >= 0.6 is 15.9 Å². The zero-order chi connectivity index (χ0) is 12.9. The maximum absolute atomic E-state index is 5.55. The standard InChI is InChI=1S/C13H22BrN3/c1-10-7-11(14)8-16-12(10)17-9-13(2,3)5-4-6-15/h7-8H,4-6,9,15H2,1-3H3,(H,16,17). The number of hydrogen-bond donors (Lipinski definition) is 2. The second-order valence-corrected chi connectivity index (χ2v) is 6.14. The quantitative estimate of drug-likeness (QED) is 0.847. The molecule has 0 aliphatic carbocycles. The topological polar surface area (TPSA) is 50.9 Å². The maximum Gasteiger partial charge on any atom is 0.128 e. The van der Waals surface area contributed by atoms with Gasteiger partial charge in [0, 0.05) is 17.2 Å². The Morgan fingerprint density at radius 1 is 1.47 bits per heavy atom. The van der Waals surface area contributed by atoms with Gasteiger partial charge in [-0.2, -0.15) is 0 Å². The normalized spacial score (nSPS) is 11.6. The number of nitrogens with one attached hydrogen (secondary N) is 1. The van der Waals surface area contributed by atoms with Gasteiger partial charge in [-0.1, -0.05) is 13.8 Å². The van der Waals surface area contributed by atoms with E-state index in [9.17, 15) is 0 Å². The third-order valence-corrected chi connectivity index (χ3v) is 3.27. The van der Waals surface area contributed by atoms with Crippen LogP contribution in [0.15, 0.2) is 16.7 Å². The highest BCUT2D eigenvalue weighted by Gasteiger charge is 2.17. The summed E-state index contributed by atoms with van der Waals surface area (Å²) in [6.07, 6.45) is 4.02. The fourth-order valence-corrected chi connectivity index (χ4v) is 2.16. The summed E-state index contributed by atoms with van der Waals surface area (Å²) in [6.45, 7) is 8.25. The molecule has 17 heavy (non-hydrogen) atoms. The molecule has 0 saturated carbocycles. The molecule has 0 atom stereocenters. The SMILES string of the molecule is Cc1cc(Br)cnc1NCC(C)(C)CCCN. The summed E-state index contributed by atoms with van der Waals surface area (Å²) in [5.41, 5.74) is 6.96. The average molecular weight is 300 g/mol. The van der Waals surface area contributed by atoms with Crippen LogP contribution in [0.25, 0.3) is 0 Å². The molecule has 0 fully saturated rings. The van der Waals surface area contributed by atoms with Crippen molar-refractivity contribution in [3.8, 4) is 0 Å². The number of aromatic nitrogens is 1. The van der Waals surface area contributed by atoms with E-state index in [1.807, 2.05) is 6.20 Å². The molecule has 0 aliphatic rings. The number of aryl methyl sites for hydroxylation is 1. The molecule has 3 nitrogen and oxygen atoms in total. The van der Waals surface area contributed by atoms with Crippen molar-refractivity contribution >= 4 is 21.7 Å². The Hall–Kier alpha value is -0.610. The van der Waals surface area contributed by atoms with Crippen molar-refractivity contribution in [3.63, 3.8) is 0 Å². The number of halogens is 1. The number of rotatable bonds is 6. The minimum Gasteiger partial charge on any atom is -0.369 e. The van der Waals surface area contributed by atoms with Gasteiger partial charge in [-0.15, -0.1) is 0 Å². The van der Waals surface area contributed by atoms with Crippen molar-refractivity contribution in [2.45, 2.75) is 33.6 Å². The minimum absolute atomic E-state index is 0.251. The first-order valence-electron chi connectivity index (χ1n) is 6.01. The first kappa shape index (κ1) is 14.5. The smallest absolute Gasteiger partial charge is 0.128 e. The molecular weight excluding hydrogens is 278 g/mol. The van der Waals surface area contributed by atoms with Crippen LogP contribution < -0.4 is 11.1 Å². The summed E-state index contributed by atoms with van der Waals surface area (Å²) in [6, 6.07) is 2.07. The molecule has 0 spiro atoms. The monoisotopic (exact) mass is 299 g/mol. The Morgan fingerprint density at radius 3 is 2.76 bits per heavy atom. The molecule has 0 saturated heterocycles. The molecule has 0 aliphatic heterocycles. The molecule has 3 N–H and O–H groups in total. The predicted molar refractivity (Wildman–Crippen MR) is 77.2 cm³/mol. The highest BCUT2D eigenvalue weighted by atomic mass is 79.9. The Morgan fingerprint density at radius 2 is 2.18 bits per heavy atom. The van der Waals surface area contributed by atoms with E-state index in [1.165, 1.54) is 0 Å². The summed E-state index contributed by atoms with van der Waals surface area (Å²) in [4.78, 5) is 4.38. The Bertz CT molecular complexity index is 364. The zero-order valence-electron chi connectivity index (χ0n) is 10.9. The maximum atomic E-state index is 5.55. The van der Waals surface area contributed by atoms with Crippen molar-refractivity contribution in [2.24, 2.45) is 11.1 Å². The first-order valence-corrected chi connectivity index (χ1v) is 6.80. The second kappa shape index (κ2) is 6.36.